The summed E-state index contributed by atoms with van der Waals surface area (Å²) in [6.45, 7) is 8.33. The van der Waals surface area contributed by atoms with E-state index in [4.69, 9.17) is 14.2 Å². The quantitative estimate of drug-likeness (QED) is 0.386. The molecular formula is C17H30O4. The van der Waals surface area contributed by atoms with Gasteiger partial charge in [-0.15, -0.1) is 0 Å². The second kappa shape index (κ2) is 9.21. The Morgan fingerprint density at radius 2 is 1.95 bits per heavy atom. The third kappa shape index (κ3) is 7.63. The largest absolute Gasteiger partial charge is 0.463 e. The molecule has 0 N–H and O–H groups in total. The van der Waals surface area contributed by atoms with Gasteiger partial charge in [0.2, 0.25) is 0 Å². The van der Waals surface area contributed by atoms with E-state index in [0.717, 1.165) is 19.3 Å². The van der Waals surface area contributed by atoms with Gasteiger partial charge in [0.15, 0.2) is 5.79 Å². The van der Waals surface area contributed by atoms with E-state index in [1.54, 1.807) is 6.92 Å². The molecule has 2 atom stereocenters. The zero-order valence-electron chi connectivity index (χ0n) is 13.9. The number of ether oxygens (including phenoxy) is 3. The highest BCUT2D eigenvalue weighted by Crippen LogP contribution is 2.30. The summed E-state index contributed by atoms with van der Waals surface area (Å²) in [5, 5.41) is 0. The van der Waals surface area contributed by atoms with Gasteiger partial charge in [-0.25, -0.2) is 4.79 Å². The average molecular weight is 298 g/mol. The maximum Gasteiger partial charge on any atom is 0.330 e. The zero-order chi connectivity index (χ0) is 15.7. The van der Waals surface area contributed by atoms with E-state index in [-0.39, 0.29) is 18.2 Å². The van der Waals surface area contributed by atoms with E-state index in [9.17, 15) is 4.79 Å². The van der Waals surface area contributed by atoms with Gasteiger partial charge in [0.1, 0.15) is 0 Å². The lowest BCUT2D eigenvalue weighted by atomic mass is 10.0. The Kier molecular flexibility index (Phi) is 7.97. The third-order valence-corrected chi connectivity index (χ3v) is 3.50. The Hall–Kier alpha value is -0.870. The van der Waals surface area contributed by atoms with Gasteiger partial charge in [-0.3, -0.25) is 0 Å². The van der Waals surface area contributed by atoms with Crippen molar-refractivity contribution in [2.45, 2.75) is 84.2 Å². The molecule has 1 aliphatic heterocycles. The lowest BCUT2D eigenvalue weighted by Crippen LogP contribution is -2.44. The van der Waals surface area contributed by atoms with Gasteiger partial charge in [0.05, 0.1) is 18.8 Å². The number of esters is 1. The molecule has 21 heavy (non-hydrogen) atoms. The normalized spacial score (nSPS) is 25.1. The van der Waals surface area contributed by atoms with Gasteiger partial charge in [-0.2, -0.15) is 0 Å². The lowest BCUT2D eigenvalue weighted by molar-refractivity contribution is -0.299. The fraction of sp³-hybridized carbons (Fsp3) is 0.824. The standard InChI is InChI=1S/C17H30O4/c1-5-7-8-10-14-13-15(21-17(3,4)20-14)11-9-12-16(18)19-6-2/h9,12,14-15H,5-8,10-11,13H2,1-4H3/b12-9+/t14-,15+/m1/s1. The van der Waals surface area contributed by atoms with E-state index >= 15 is 0 Å². The van der Waals surface area contributed by atoms with Crippen LogP contribution in [-0.2, 0) is 19.0 Å². The first-order chi connectivity index (χ1) is 9.96. The highest BCUT2D eigenvalue weighted by atomic mass is 16.7. The molecule has 0 radical (unpaired) electrons. The van der Waals surface area contributed by atoms with Crippen molar-refractivity contribution in [1.29, 1.82) is 0 Å². The number of unbranched alkanes of at least 4 members (excludes halogenated alkanes) is 2. The van der Waals surface area contributed by atoms with Crippen molar-refractivity contribution in [3.05, 3.63) is 12.2 Å². The molecule has 1 aliphatic rings. The number of rotatable bonds is 8. The van der Waals surface area contributed by atoms with Crippen molar-refractivity contribution < 1.29 is 19.0 Å². The summed E-state index contributed by atoms with van der Waals surface area (Å²) in [6, 6.07) is 0. The van der Waals surface area contributed by atoms with Crippen LogP contribution in [0.2, 0.25) is 0 Å². The van der Waals surface area contributed by atoms with Crippen LogP contribution < -0.4 is 0 Å². The van der Waals surface area contributed by atoms with Crippen LogP contribution in [0.15, 0.2) is 12.2 Å². The fourth-order valence-electron chi connectivity index (χ4n) is 2.67. The Bertz CT molecular complexity index is 336. The van der Waals surface area contributed by atoms with Crippen LogP contribution in [0.1, 0.15) is 66.2 Å². The minimum atomic E-state index is -0.544. The molecule has 122 valence electrons. The van der Waals surface area contributed by atoms with Crippen LogP contribution >= 0.6 is 0 Å². The molecule has 0 saturated carbocycles. The molecule has 0 bridgehead atoms. The van der Waals surface area contributed by atoms with E-state index < -0.39 is 5.79 Å². The summed E-state index contributed by atoms with van der Waals surface area (Å²) in [4.78, 5) is 11.3. The van der Waals surface area contributed by atoms with Crippen LogP contribution in [0, 0.1) is 0 Å². The van der Waals surface area contributed by atoms with Gasteiger partial charge >= 0.3 is 5.97 Å². The van der Waals surface area contributed by atoms with Crippen molar-refractivity contribution in [2.75, 3.05) is 6.61 Å². The minimum Gasteiger partial charge on any atom is -0.463 e. The first kappa shape index (κ1) is 18.2. The number of carbonyl (C=O) groups excluding carboxylic acids is 1. The van der Waals surface area contributed by atoms with E-state index in [0.29, 0.717) is 6.61 Å². The lowest BCUT2D eigenvalue weighted by Gasteiger charge is -2.40. The van der Waals surface area contributed by atoms with Gasteiger partial charge in [-0.05, 0) is 33.6 Å². The van der Waals surface area contributed by atoms with Crippen molar-refractivity contribution in [3.63, 3.8) is 0 Å². The molecule has 0 unspecified atom stereocenters. The fourth-order valence-corrected chi connectivity index (χ4v) is 2.67. The van der Waals surface area contributed by atoms with Gasteiger partial charge in [-0.1, -0.05) is 32.3 Å². The number of carbonyl (C=O) groups is 1. The molecular weight excluding hydrogens is 268 g/mol. The highest BCUT2D eigenvalue weighted by molar-refractivity contribution is 5.81. The predicted molar refractivity (Wildman–Crippen MR) is 83.0 cm³/mol. The summed E-state index contributed by atoms with van der Waals surface area (Å²) in [7, 11) is 0. The molecule has 0 aromatic carbocycles. The van der Waals surface area contributed by atoms with Crippen LogP contribution in [0.25, 0.3) is 0 Å². The minimum absolute atomic E-state index is 0.103. The maximum atomic E-state index is 11.3. The van der Waals surface area contributed by atoms with Gasteiger partial charge in [0, 0.05) is 12.5 Å². The molecule has 4 nitrogen and oxygen atoms in total. The second-order valence-electron chi connectivity index (χ2n) is 6.00. The molecule has 1 saturated heterocycles. The molecule has 0 spiro atoms. The third-order valence-electron chi connectivity index (χ3n) is 3.50. The molecule has 0 aromatic rings. The SMILES string of the molecule is CCCCC[C@@H]1C[C@H](C/C=C/C(=O)OCC)OC(C)(C)O1. The van der Waals surface area contributed by atoms with Crippen LogP contribution in [0.3, 0.4) is 0 Å². The molecule has 1 rings (SSSR count). The Labute approximate surface area is 128 Å². The topological polar surface area (TPSA) is 44.8 Å². The second-order valence-corrected chi connectivity index (χ2v) is 6.00. The monoisotopic (exact) mass is 298 g/mol. The van der Waals surface area contributed by atoms with Gasteiger partial charge < -0.3 is 14.2 Å². The first-order valence-corrected chi connectivity index (χ1v) is 8.15. The summed E-state index contributed by atoms with van der Waals surface area (Å²) in [5.74, 6) is -0.833. The summed E-state index contributed by atoms with van der Waals surface area (Å²) in [5.41, 5.74) is 0. The van der Waals surface area contributed by atoms with Crippen molar-refractivity contribution in [2.24, 2.45) is 0 Å². The maximum absolute atomic E-state index is 11.3. The predicted octanol–water partition coefficient (Wildman–Crippen LogP) is 3.99. The van der Waals surface area contributed by atoms with Crippen molar-refractivity contribution in [3.8, 4) is 0 Å². The zero-order valence-corrected chi connectivity index (χ0v) is 13.9. The Morgan fingerprint density at radius 3 is 2.62 bits per heavy atom. The molecule has 0 aliphatic carbocycles. The first-order valence-electron chi connectivity index (χ1n) is 8.15. The van der Waals surface area contributed by atoms with E-state index in [1.165, 1.54) is 25.3 Å². The van der Waals surface area contributed by atoms with Crippen LogP contribution in [0.4, 0.5) is 0 Å². The van der Waals surface area contributed by atoms with E-state index in [1.807, 2.05) is 19.9 Å². The molecule has 1 heterocycles. The van der Waals surface area contributed by atoms with Crippen molar-refractivity contribution >= 4 is 5.97 Å². The summed E-state index contributed by atoms with van der Waals surface area (Å²) >= 11 is 0. The number of hydrogen-bond acceptors (Lipinski definition) is 4. The molecule has 0 amide bonds. The molecule has 4 heteroatoms. The molecule has 1 fully saturated rings. The number of hydrogen-bond donors (Lipinski definition) is 0. The van der Waals surface area contributed by atoms with Crippen LogP contribution in [-0.4, -0.2) is 30.6 Å². The highest BCUT2D eigenvalue weighted by Gasteiger charge is 2.34. The summed E-state index contributed by atoms with van der Waals surface area (Å²) < 4.78 is 16.8. The van der Waals surface area contributed by atoms with Gasteiger partial charge in [0.25, 0.3) is 0 Å². The molecule has 0 aromatic heterocycles. The summed E-state index contributed by atoms with van der Waals surface area (Å²) in [6.07, 6.45) is 10.0. The van der Waals surface area contributed by atoms with E-state index in [2.05, 4.69) is 6.92 Å². The smallest absolute Gasteiger partial charge is 0.330 e. The Morgan fingerprint density at radius 1 is 1.24 bits per heavy atom. The Balaban J connectivity index is 2.43. The average Bonchev–Trinajstić information content (AvgIpc) is 2.37. The van der Waals surface area contributed by atoms with Crippen LogP contribution in [0.5, 0.6) is 0 Å². The van der Waals surface area contributed by atoms with Crippen molar-refractivity contribution in [1.82, 2.24) is 0 Å².